The van der Waals surface area contributed by atoms with E-state index < -0.39 is 0 Å². The molecule has 2 aromatic heterocycles. The predicted molar refractivity (Wildman–Crippen MR) is 131 cm³/mol. The third-order valence-electron chi connectivity index (χ3n) is 5.87. The van der Waals surface area contributed by atoms with Crippen LogP contribution in [0.4, 0.5) is 0 Å². The lowest BCUT2D eigenvalue weighted by Gasteiger charge is -2.29. The van der Waals surface area contributed by atoms with Crippen LogP contribution < -0.4 is 5.32 Å². The van der Waals surface area contributed by atoms with Crippen molar-refractivity contribution in [1.82, 2.24) is 24.7 Å². The standard InChI is InChI=1S/C24H28ClN5S/c1-16-15-18(17(2)30(16)21-11-6-5-9-19(21)25)23-22(20-10-7-8-12-26-20)27-24(31)29(23)14-13-28(3)4/h5-12,15,22-23H,13-14H2,1-4H3,(H,27,31)/t22-,23+/m1/s1. The van der Waals surface area contributed by atoms with E-state index in [0.717, 1.165) is 46.0 Å². The van der Waals surface area contributed by atoms with Crippen LogP contribution in [-0.2, 0) is 0 Å². The van der Waals surface area contributed by atoms with Crippen LogP contribution in [0.3, 0.4) is 0 Å². The summed E-state index contributed by atoms with van der Waals surface area (Å²) in [5.41, 5.74) is 5.53. The fourth-order valence-corrected chi connectivity index (χ4v) is 4.94. The molecule has 162 valence electrons. The smallest absolute Gasteiger partial charge is 0.170 e. The van der Waals surface area contributed by atoms with Gasteiger partial charge in [0.25, 0.3) is 0 Å². The summed E-state index contributed by atoms with van der Waals surface area (Å²) < 4.78 is 2.23. The molecule has 1 saturated heterocycles. The van der Waals surface area contributed by atoms with E-state index in [-0.39, 0.29) is 12.1 Å². The van der Waals surface area contributed by atoms with Crippen LogP contribution in [0.2, 0.25) is 5.02 Å². The summed E-state index contributed by atoms with van der Waals surface area (Å²) in [4.78, 5) is 9.13. The van der Waals surface area contributed by atoms with Crippen molar-refractivity contribution in [2.24, 2.45) is 0 Å². The van der Waals surface area contributed by atoms with Gasteiger partial charge in [-0.15, -0.1) is 0 Å². The normalized spacial score (nSPS) is 18.6. The minimum atomic E-state index is -0.0175. The second-order valence-electron chi connectivity index (χ2n) is 8.24. The molecule has 5 nitrogen and oxygen atoms in total. The Balaban J connectivity index is 1.82. The number of likely N-dealkylation sites (N-methyl/N-ethyl adjacent to an activating group) is 1. The Hall–Kier alpha value is -2.41. The molecule has 1 N–H and O–H groups in total. The number of para-hydroxylation sites is 1. The van der Waals surface area contributed by atoms with Crippen molar-refractivity contribution in [3.8, 4) is 5.69 Å². The summed E-state index contributed by atoms with van der Waals surface area (Å²) in [6, 6.07) is 16.3. The summed E-state index contributed by atoms with van der Waals surface area (Å²) in [6.07, 6.45) is 1.84. The minimum absolute atomic E-state index is 0.0175. The van der Waals surface area contributed by atoms with Crippen LogP contribution in [0, 0.1) is 13.8 Å². The van der Waals surface area contributed by atoms with E-state index in [4.69, 9.17) is 23.8 Å². The van der Waals surface area contributed by atoms with Gasteiger partial charge in [0.05, 0.1) is 28.5 Å². The number of aryl methyl sites for hydroxylation is 1. The predicted octanol–water partition coefficient (Wildman–Crippen LogP) is 4.68. The first-order valence-corrected chi connectivity index (χ1v) is 11.2. The fraction of sp³-hybridized carbons (Fsp3) is 0.333. The summed E-state index contributed by atoms with van der Waals surface area (Å²) >= 11 is 12.3. The molecule has 0 amide bonds. The number of nitrogens with zero attached hydrogens (tertiary/aromatic N) is 4. The molecule has 0 spiro atoms. The van der Waals surface area contributed by atoms with E-state index in [9.17, 15) is 0 Å². The van der Waals surface area contributed by atoms with Crippen molar-refractivity contribution in [2.45, 2.75) is 25.9 Å². The number of thiocarbonyl (C=S) groups is 1. The number of nitrogens with one attached hydrogen (secondary N) is 1. The van der Waals surface area contributed by atoms with Gasteiger partial charge in [-0.25, -0.2) is 0 Å². The van der Waals surface area contributed by atoms with Crippen LogP contribution in [0.1, 0.15) is 34.7 Å². The zero-order chi connectivity index (χ0) is 22.1. The Bertz CT molecular complexity index is 1080. The van der Waals surface area contributed by atoms with E-state index in [2.05, 4.69) is 70.8 Å². The summed E-state index contributed by atoms with van der Waals surface area (Å²) in [6.45, 7) is 6.03. The van der Waals surface area contributed by atoms with Gasteiger partial charge in [0.15, 0.2) is 5.11 Å². The van der Waals surface area contributed by atoms with Gasteiger partial charge in [-0.05, 0) is 76.1 Å². The lowest BCUT2D eigenvalue weighted by atomic mass is 9.97. The molecule has 3 aromatic rings. The fourth-order valence-electron chi connectivity index (χ4n) is 4.38. The van der Waals surface area contributed by atoms with Crippen LogP contribution in [0.5, 0.6) is 0 Å². The van der Waals surface area contributed by atoms with Crippen molar-refractivity contribution >= 4 is 28.9 Å². The second-order valence-corrected chi connectivity index (χ2v) is 9.03. The van der Waals surface area contributed by atoms with E-state index in [1.807, 2.05) is 36.5 Å². The molecule has 1 aliphatic heterocycles. The van der Waals surface area contributed by atoms with Crippen molar-refractivity contribution in [2.75, 3.05) is 27.2 Å². The molecular weight excluding hydrogens is 426 g/mol. The Labute approximate surface area is 194 Å². The highest BCUT2D eigenvalue weighted by Gasteiger charge is 2.41. The largest absolute Gasteiger partial charge is 0.352 e. The van der Waals surface area contributed by atoms with Crippen LogP contribution in [0.15, 0.2) is 54.7 Å². The molecule has 1 fully saturated rings. The summed E-state index contributed by atoms with van der Waals surface area (Å²) in [7, 11) is 4.17. The first-order valence-electron chi connectivity index (χ1n) is 10.4. The van der Waals surface area contributed by atoms with E-state index in [0.29, 0.717) is 0 Å². The number of benzene rings is 1. The molecular formula is C24H28ClN5S. The topological polar surface area (TPSA) is 36.3 Å². The maximum absolute atomic E-state index is 6.55. The van der Waals surface area contributed by atoms with Crippen LogP contribution in [0.25, 0.3) is 5.69 Å². The molecule has 3 heterocycles. The van der Waals surface area contributed by atoms with Gasteiger partial charge in [0.2, 0.25) is 0 Å². The van der Waals surface area contributed by atoms with Crippen molar-refractivity contribution in [3.63, 3.8) is 0 Å². The van der Waals surface area contributed by atoms with Gasteiger partial charge in [-0.1, -0.05) is 29.8 Å². The van der Waals surface area contributed by atoms with Gasteiger partial charge in [-0.2, -0.15) is 0 Å². The zero-order valence-electron chi connectivity index (χ0n) is 18.3. The van der Waals surface area contributed by atoms with Gasteiger partial charge in [0, 0.05) is 30.7 Å². The highest BCUT2D eigenvalue weighted by molar-refractivity contribution is 7.80. The molecule has 0 unspecified atom stereocenters. The van der Waals surface area contributed by atoms with Crippen LogP contribution in [-0.4, -0.2) is 51.6 Å². The number of halogens is 1. The molecule has 0 saturated carbocycles. The lowest BCUT2D eigenvalue weighted by Crippen LogP contribution is -2.35. The molecule has 31 heavy (non-hydrogen) atoms. The third-order valence-corrected chi connectivity index (χ3v) is 6.54. The Kier molecular flexibility index (Phi) is 6.32. The van der Waals surface area contributed by atoms with E-state index in [1.54, 1.807) is 0 Å². The minimum Gasteiger partial charge on any atom is -0.352 e. The van der Waals surface area contributed by atoms with Gasteiger partial charge in [-0.3, -0.25) is 4.98 Å². The molecule has 0 radical (unpaired) electrons. The highest BCUT2D eigenvalue weighted by Crippen LogP contribution is 2.41. The molecule has 0 aliphatic carbocycles. The number of rotatable bonds is 6. The maximum Gasteiger partial charge on any atom is 0.170 e. The van der Waals surface area contributed by atoms with Gasteiger partial charge in [0.1, 0.15) is 0 Å². The lowest BCUT2D eigenvalue weighted by molar-refractivity contribution is 0.277. The van der Waals surface area contributed by atoms with Crippen LogP contribution >= 0.6 is 23.8 Å². The Morgan fingerprint density at radius 3 is 2.55 bits per heavy atom. The molecule has 4 rings (SSSR count). The number of hydrogen-bond acceptors (Lipinski definition) is 3. The molecule has 0 bridgehead atoms. The molecule has 1 aliphatic rings. The van der Waals surface area contributed by atoms with Crippen molar-refractivity contribution in [3.05, 3.63) is 82.4 Å². The Morgan fingerprint density at radius 2 is 1.87 bits per heavy atom. The van der Waals surface area contributed by atoms with E-state index in [1.165, 1.54) is 5.56 Å². The third kappa shape index (κ3) is 4.20. The molecule has 2 atom stereocenters. The summed E-state index contributed by atoms with van der Waals surface area (Å²) in [5.74, 6) is 0. The molecule has 7 heteroatoms. The number of aromatic nitrogens is 2. The first kappa shape index (κ1) is 21.8. The molecule has 1 aromatic carbocycles. The SMILES string of the molecule is Cc1cc([C@H]2[C@@H](c3ccccn3)NC(=S)N2CCN(C)C)c(C)n1-c1ccccc1Cl. The number of hydrogen-bond donors (Lipinski definition) is 1. The number of pyridine rings is 1. The van der Waals surface area contributed by atoms with E-state index >= 15 is 0 Å². The summed E-state index contributed by atoms with van der Waals surface area (Å²) in [5, 5.41) is 5.05. The Morgan fingerprint density at radius 1 is 1.13 bits per heavy atom. The van der Waals surface area contributed by atoms with Gasteiger partial charge >= 0.3 is 0 Å². The monoisotopic (exact) mass is 453 g/mol. The second kappa shape index (κ2) is 8.99. The zero-order valence-corrected chi connectivity index (χ0v) is 19.9. The van der Waals surface area contributed by atoms with Gasteiger partial charge < -0.3 is 19.7 Å². The van der Waals surface area contributed by atoms with Crippen molar-refractivity contribution < 1.29 is 0 Å². The maximum atomic E-state index is 6.55. The quantitative estimate of drug-likeness (QED) is 0.548. The van der Waals surface area contributed by atoms with Crippen molar-refractivity contribution in [1.29, 1.82) is 0 Å². The highest BCUT2D eigenvalue weighted by atomic mass is 35.5. The average Bonchev–Trinajstić information content (AvgIpc) is 3.23. The average molecular weight is 454 g/mol. The first-order chi connectivity index (χ1) is 14.9.